The van der Waals surface area contributed by atoms with Crippen molar-refractivity contribution in [1.82, 2.24) is 5.32 Å². The Balaban J connectivity index is 1.70. The summed E-state index contributed by atoms with van der Waals surface area (Å²) < 4.78 is 0. The Bertz CT molecular complexity index is 420. The molecule has 0 bridgehead atoms. The van der Waals surface area contributed by atoms with Crippen molar-refractivity contribution in [1.29, 1.82) is 0 Å². The molecule has 17 heavy (non-hydrogen) atoms. The van der Waals surface area contributed by atoms with Crippen LogP contribution in [-0.4, -0.2) is 12.8 Å². The lowest BCUT2D eigenvalue weighted by atomic mass is 10.2. The fourth-order valence-corrected chi connectivity index (χ4v) is 2.76. The lowest BCUT2D eigenvalue weighted by Gasteiger charge is -2.05. The molecule has 2 aromatic rings. The molecule has 90 valence electrons. The molecule has 2 rings (SSSR count). The average Bonchev–Trinajstić information content (AvgIpc) is 2.88. The van der Waals surface area contributed by atoms with Crippen molar-refractivity contribution in [3.63, 3.8) is 0 Å². The van der Waals surface area contributed by atoms with Gasteiger partial charge in [0.2, 0.25) is 0 Å². The molecule has 0 unspecified atom stereocenters. The zero-order chi connectivity index (χ0) is 11.9. The van der Waals surface area contributed by atoms with Crippen LogP contribution in [-0.2, 0) is 13.0 Å². The van der Waals surface area contributed by atoms with Gasteiger partial charge in [0.15, 0.2) is 0 Å². The minimum absolute atomic E-state index is 0.957. The van der Waals surface area contributed by atoms with Crippen LogP contribution in [0.15, 0.2) is 46.0 Å². The third-order valence-corrected chi connectivity index (χ3v) is 4.13. The number of hydrogen-bond acceptors (Lipinski definition) is 3. The van der Waals surface area contributed by atoms with Crippen molar-refractivity contribution >= 4 is 23.1 Å². The molecular weight excluding hydrogens is 246 g/mol. The summed E-state index contributed by atoms with van der Waals surface area (Å²) in [5, 5.41) is 7.83. The van der Waals surface area contributed by atoms with Gasteiger partial charge in [0.25, 0.3) is 0 Å². The average molecular weight is 263 g/mol. The fourth-order valence-electron chi connectivity index (χ4n) is 1.64. The Hall–Kier alpha value is -0.770. The van der Waals surface area contributed by atoms with Gasteiger partial charge >= 0.3 is 0 Å². The third-order valence-electron chi connectivity index (χ3n) is 2.66. The largest absolute Gasteiger partial charge is 0.312 e. The van der Waals surface area contributed by atoms with Gasteiger partial charge in [-0.05, 0) is 59.3 Å². The van der Waals surface area contributed by atoms with Crippen LogP contribution in [0.4, 0.5) is 0 Å². The normalized spacial score (nSPS) is 10.6. The summed E-state index contributed by atoms with van der Waals surface area (Å²) in [6, 6.07) is 11.0. The molecule has 1 aromatic heterocycles. The standard InChI is InChI=1S/C14H17NS2/c1-16-14-4-2-12(3-5-14)10-15-8-6-13-7-9-17-11-13/h2-5,7,9,11,15H,6,8,10H2,1H3. The van der Waals surface area contributed by atoms with Crippen molar-refractivity contribution < 1.29 is 0 Å². The van der Waals surface area contributed by atoms with E-state index in [1.54, 1.807) is 23.1 Å². The Labute approximate surface area is 111 Å². The van der Waals surface area contributed by atoms with Crippen LogP contribution in [0.1, 0.15) is 11.1 Å². The number of benzene rings is 1. The number of thiophene rings is 1. The van der Waals surface area contributed by atoms with Crippen LogP contribution >= 0.6 is 23.1 Å². The molecule has 0 saturated heterocycles. The van der Waals surface area contributed by atoms with Gasteiger partial charge in [-0.2, -0.15) is 11.3 Å². The molecule has 0 aliphatic rings. The summed E-state index contributed by atoms with van der Waals surface area (Å²) in [5.74, 6) is 0. The summed E-state index contributed by atoms with van der Waals surface area (Å²) in [7, 11) is 0. The predicted octanol–water partition coefficient (Wildman–Crippen LogP) is 3.80. The molecule has 0 aliphatic carbocycles. The summed E-state index contributed by atoms with van der Waals surface area (Å²) in [6.07, 6.45) is 3.22. The van der Waals surface area contributed by atoms with E-state index in [0.717, 1.165) is 19.5 Å². The first kappa shape index (κ1) is 12.7. The highest BCUT2D eigenvalue weighted by atomic mass is 32.2. The SMILES string of the molecule is CSc1ccc(CNCCc2ccsc2)cc1. The first-order valence-corrected chi connectivity index (χ1v) is 7.90. The predicted molar refractivity (Wildman–Crippen MR) is 78.0 cm³/mol. The fraction of sp³-hybridized carbons (Fsp3) is 0.286. The summed E-state index contributed by atoms with van der Waals surface area (Å²) in [5.41, 5.74) is 2.79. The van der Waals surface area contributed by atoms with Gasteiger partial charge in [0.05, 0.1) is 0 Å². The Morgan fingerprint density at radius 2 is 1.94 bits per heavy atom. The van der Waals surface area contributed by atoms with E-state index >= 15 is 0 Å². The molecule has 0 amide bonds. The lowest BCUT2D eigenvalue weighted by molar-refractivity contribution is 0.687. The van der Waals surface area contributed by atoms with Gasteiger partial charge in [-0.15, -0.1) is 11.8 Å². The van der Waals surface area contributed by atoms with E-state index in [9.17, 15) is 0 Å². The first-order chi connectivity index (χ1) is 8.38. The van der Waals surface area contributed by atoms with Gasteiger partial charge in [0.1, 0.15) is 0 Å². The molecular formula is C14H17NS2. The van der Waals surface area contributed by atoms with E-state index < -0.39 is 0 Å². The second-order valence-electron chi connectivity index (χ2n) is 3.91. The zero-order valence-corrected chi connectivity index (χ0v) is 11.6. The van der Waals surface area contributed by atoms with Crippen LogP contribution < -0.4 is 5.32 Å². The van der Waals surface area contributed by atoms with E-state index in [-0.39, 0.29) is 0 Å². The molecule has 0 radical (unpaired) electrons. The van der Waals surface area contributed by atoms with E-state index in [0.29, 0.717) is 0 Å². The molecule has 1 N–H and O–H groups in total. The van der Waals surface area contributed by atoms with Gasteiger partial charge < -0.3 is 5.32 Å². The maximum atomic E-state index is 3.48. The van der Waals surface area contributed by atoms with E-state index in [2.05, 4.69) is 52.7 Å². The maximum absolute atomic E-state index is 3.48. The molecule has 0 saturated carbocycles. The van der Waals surface area contributed by atoms with Crippen molar-refractivity contribution in [3.05, 3.63) is 52.2 Å². The number of thioether (sulfide) groups is 1. The minimum atomic E-state index is 0.957. The van der Waals surface area contributed by atoms with E-state index in [1.165, 1.54) is 16.0 Å². The molecule has 3 heteroatoms. The highest BCUT2D eigenvalue weighted by molar-refractivity contribution is 7.98. The Kier molecular flexibility index (Phi) is 5.10. The zero-order valence-electron chi connectivity index (χ0n) is 9.98. The molecule has 0 aliphatic heterocycles. The highest BCUT2D eigenvalue weighted by Gasteiger charge is 1.95. The third kappa shape index (κ3) is 4.19. The van der Waals surface area contributed by atoms with E-state index in [4.69, 9.17) is 0 Å². The van der Waals surface area contributed by atoms with Crippen LogP contribution in [0, 0.1) is 0 Å². The molecule has 0 atom stereocenters. The molecule has 1 aromatic carbocycles. The van der Waals surface area contributed by atoms with E-state index in [1.807, 2.05) is 0 Å². The highest BCUT2D eigenvalue weighted by Crippen LogP contribution is 2.14. The Morgan fingerprint density at radius 3 is 2.59 bits per heavy atom. The topological polar surface area (TPSA) is 12.0 Å². The van der Waals surface area contributed by atoms with Gasteiger partial charge in [-0.25, -0.2) is 0 Å². The quantitative estimate of drug-likeness (QED) is 0.628. The van der Waals surface area contributed by atoms with Crippen molar-refractivity contribution in [2.75, 3.05) is 12.8 Å². The summed E-state index contributed by atoms with van der Waals surface area (Å²) in [6.45, 7) is 2.00. The van der Waals surface area contributed by atoms with Gasteiger partial charge in [0, 0.05) is 11.4 Å². The first-order valence-electron chi connectivity index (χ1n) is 5.73. The number of hydrogen-bond donors (Lipinski definition) is 1. The molecule has 1 nitrogen and oxygen atoms in total. The van der Waals surface area contributed by atoms with Crippen LogP contribution in [0.25, 0.3) is 0 Å². The molecule has 0 spiro atoms. The van der Waals surface area contributed by atoms with Crippen LogP contribution in [0.3, 0.4) is 0 Å². The maximum Gasteiger partial charge on any atom is 0.0205 e. The van der Waals surface area contributed by atoms with Crippen LogP contribution in [0.2, 0.25) is 0 Å². The molecule has 0 fully saturated rings. The molecule has 1 heterocycles. The number of rotatable bonds is 6. The van der Waals surface area contributed by atoms with Crippen LogP contribution in [0.5, 0.6) is 0 Å². The minimum Gasteiger partial charge on any atom is -0.312 e. The van der Waals surface area contributed by atoms with Gasteiger partial charge in [-0.3, -0.25) is 0 Å². The van der Waals surface area contributed by atoms with Gasteiger partial charge in [-0.1, -0.05) is 12.1 Å². The summed E-state index contributed by atoms with van der Waals surface area (Å²) >= 11 is 3.55. The van der Waals surface area contributed by atoms with Crippen molar-refractivity contribution in [2.24, 2.45) is 0 Å². The number of nitrogens with one attached hydrogen (secondary N) is 1. The van der Waals surface area contributed by atoms with Crippen molar-refractivity contribution in [2.45, 2.75) is 17.9 Å². The monoisotopic (exact) mass is 263 g/mol. The second-order valence-corrected chi connectivity index (χ2v) is 5.57. The lowest BCUT2D eigenvalue weighted by Crippen LogP contribution is -2.16. The second kappa shape index (κ2) is 6.84. The summed E-state index contributed by atoms with van der Waals surface area (Å²) in [4.78, 5) is 1.33. The smallest absolute Gasteiger partial charge is 0.0205 e. The Morgan fingerprint density at radius 1 is 1.12 bits per heavy atom. The van der Waals surface area contributed by atoms with Crippen molar-refractivity contribution in [3.8, 4) is 0 Å².